The van der Waals surface area contributed by atoms with Crippen LogP contribution in [0.3, 0.4) is 0 Å². The molecule has 4 rings (SSSR count). The summed E-state index contributed by atoms with van der Waals surface area (Å²) in [6.07, 6.45) is 2.74. The van der Waals surface area contributed by atoms with Gasteiger partial charge in [0.05, 0.1) is 17.3 Å². The highest BCUT2D eigenvalue weighted by Crippen LogP contribution is 2.32. The average molecular weight is 461 g/mol. The van der Waals surface area contributed by atoms with E-state index in [9.17, 15) is 9.18 Å². The van der Waals surface area contributed by atoms with Crippen LogP contribution >= 0.6 is 0 Å². The molecular formula is C25H24FN5O3. The fourth-order valence-electron chi connectivity index (χ4n) is 3.26. The highest BCUT2D eigenvalue weighted by Gasteiger charge is 2.14. The Balaban J connectivity index is 1.61. The lowest BCUT2D eigenvalue weighted by molar-refractivity contribution is -0.111. The topological polar surface area (TPSA) is 92.5 Å². The van der Waals surface area contributed by atoms with Gasteiger partial charge in [0.25, 0.3) is 0 Å². The molecule has 2 N–H and O–H groups in total. The van der Waals surface area contributed by atoms with E-state index in [1.165, 1.54) is 18.2 Å². The number of hydrogen-bond donors (Lipinski definition) is 2. The Morgan fingerprint density at radius 1 is 1.24 bits per heavy atom. The number of fused-ring (bicyclic) bond motifs is 1. The second-order valence-corrected chi connectivity index (χ2v) is 7.79. The first kappa shape index (κ1) is 22.9. The fourth-order valence-corrected chi connectivity index (χ4v) is 3.26. The number of aromatic nitrogens is 2. The summed E-state index contributed by atoms with van der Waals surface area (Å²) in [7, 11) is 3.91. The van der Waals surface area contributed by atoms with Crippen LogP contribution in [-0.4, -0.2) is 48.2 Å². The minimum absolute atomic E-state index is 0.349. The second kappa shape index (κ2) is 10.1. The standard InChI is InChI=1S/C25H24FN5O3/c1-4-24(32)29-20-13-18(8-9-21(20)33-11-10-31(2)3)28-23-14-19-22(15-27-23)34-30-25(19)16-6-5-7-17(26)12-16/h4-9,12-15H,1,10-11H2,2-3H3,(H,27,28)(H,29,32). The summed E-state index contributed by atoms with van der Waals surface area (Å²) in [6, 6.07) is 13.3. The number of carbonyl (C=O) groups excluding carboxylic acids is 1. The molecule has 0 unspecified atom stereocenters. The third kappa shape index (κ3) is 5.38. The quantitative estimate of drug-likeness (QED) is 0.345. The predicted molar refractivity (Wildman–Crippen MR) is 130 cm³/mol. The van der Waals surface area contributed by atoms with Crippen molar-refractivity contribution in [3.63, 3.8) is 0 Å². The molecule has 1 amide bonds. The van der Waals surface area contributed by atoms with Crippen LogP contribution in [-0.2, 0) is 4.79 Å². The van der Waals surface area contributed by atoms with Gasteiger partial charge in [-0.1, -0.05) is 23.9 Å². The SMILES string of the molecule is C=CC(=O)Nc1cc(Nc2cc3c(-c4cccc(F)c4)noc3cn2)ccc1OCCN(C)C. The largest absolute Gasteiger partial charge is 0.490 e. The summed E-state index contributed by atoms with van der Waals surface area (Å²) in [5.74, 6) is 0.357. The van der Waals surface area contributed by atoms with Gasteiger partial charge in [-0.15, -0.1) is 0 Å². The van der Waals surface area contributed by atoms with Gasteiger partial charge in [-0.3, -0.25) is 4.79 Å². The van der Waals surface area contributed by atoms with Crippen molar-refractivity contribution in [2.24, 2.45) is 0 Å². The Kier molecular flexibility index (Phi) is 6.84. The van der Waals surface area contributed by atoms with Crippen LogP contribution < -0.4 is 15.4 Å². The van der Waals surface area contributed by atoms with Crippen molar-refractivity contribution in [3.8, 4) is 17.0 Å². The minimum Gasteiger partial charge on any atom is -0.490 e. The van der Waals surface area contributed by atoms with Gasteiger partial charge in [0, 0.05) is 17.8 Å². The number of rotatable bonds is 9. The number of carbonyl (C=O) groups is 1. The van der Waals surface area contributed by atoms with Crippen LogP contribution in [0.1, 0.15) is 0 Å². The maximum atomic E-state index is 13.7. The van der Waals surface area contributed by atoms with Gasteiger partial charge in [-0.2, -0.15) is 0 Å². The first-order valence-corrected chi connectivity index (χ1v) is 10.6. The summed E-state index contributed by atoms with van der Waals surface area (Å²) in [6.45, 7) is 4.69. The van der Waals surface area contributed by atoms with E-state index in [2.05, 4.69) is 27.4 Å². The van der Waals surface area contributed by atoms with Gasteiger partial charge >= 0.3 is 0 Å². The van der Waals surface area contributed by atoms with E-state index in [1.807, 2.05) is 25.1 Å². The molecule has 0 fully saturated rings. The highest BCUT2D eigenvalue weighted by atomic mass is 19.1. The van der Waals surface area contributed by atoms with Crippen molar-refractivity contribution in [2.75, 3.05) is 37.9 Å². The minimum atomic E-state index is -0.358. The summed E-state index contributed by atoms with van der Waals surface area (Å²) >= 11 is 0. The molecule has 0 aliphatic rings. The number of benzene rings is 2. The fraction of sp³-hybridized carbons (Fsp3) is 0.160. The number of ether oxygens (including phenoxy) is 1. The van der Waals surface area contributed by atoms with Gasteiger partial charge in [0.2, 0.25) is 5.91 Å². The van der Waals surface area contributed by atoms with E-state index in [0.717, 1.165) is 6.54 Å². The molecule has 174 valence electrons. The maximum absolute atomic E-state index is 13.7. The Labute approximate surface area is 196 Å². The van der Waals surface area contributed by atoms with Crippen molar-refractivity contribution in [3.05, 3.63) is 73.2 Å². The maximum Gasteiger partial charge on any atom is 0.247 e. The second-order valence-electron chi connectivity index (χ2n) is 7.79. The van der Waals surface area contributed by atoms with E-state index >= 15 is 0 Å². The first-order chi connectivity index (χ1) is 16.4. The van der Waals surface area contributed by atoms with Gasteiger partial charge in [-0.05, 0) is 56.6 Å². The molecule has 0 aliphatic heterocycles. The number of pyridine rings is 1. The molecule has 34 heavy (non-hydrogen) atoms. The number of hydrogen-bond acceptors (Lipinski definition) is 7. The van der Waals surface area contributed by atoms with E-state index in [0.29, 0.717) is 51.8 Å². The van der Waals surface area contributed by atoms with Crippen LogP contribution in [0.2, 0.25) is 0 Å². The van der Waals surface area contributed by atoms with Gasteiger partial charge < -0.3 is 24.8 Å². The van der Waals surface area contributed by atoms with Crippen LogP contribution in [0.5, 0.6) is 5.75 Å². The van der Waals surface area contributed by atoms with Crippen LogP contribution in [0, 0.1) is 5.82 Å². The Bertz CT molecular complexity index is 1340. The zero-order chi connectivity index (χ0) is 24.1. The molecule has 0 saturated heterocycles. The lowest BCUT2D eigenvalue weighted by atomic mass is 10.1. The van der Waals surface area contributed by atoms with Crippen molar-refractivity contribution in [1.82, 2.24) is 15.0 Å². The monoisotopic (exact) mass is 461 g/mol. The Morgan fingerprint density at radius 2 is 2.09 bits per heavy atom. The zero-order valence-electron chi connectivity index (χ0n) is 18.8. The molecule has 2 aromatic heterocycles. The highest BCUT2D eigenvalue weighted by molar-refractivity contribution is 6.00. The number of likely N-dealkylation sites (N-methyl/N-ethyl adjacent to an activating group) is 1. The molecule has 0 atom stereocenters. The van der Waals surface area contributed by atoms with E-state index < -0.39 is 0 Å². The third-order valence-electron chi connectivity index (χ3n) is 4.95. The molecule has 0 saturated carbocycles. The van der Waals surface area contributed by atoms with Crippen molar-refractivity contribution >= 4 is 34.1 Å². The predicted octanol–water partition coefficient (Wildman–Crippen LogP) is 4.84. The molecule has 2 aromatic carbocycles. The van der Waals surface area contributed by atoms with Crippen molar-refractivity contribution in [1.29, 1.82) is 0 Å². The van der Waals surface area contributed by atoms with Crippen LogP contribution in [0.25, 0.3) is 22.2 Å². The van der Waals surface area contributed by atoms with Gasteiger partial charge in [-0.25, -0.2) is 9.37 Å². The molecule has 8 nitrogen and oxygen atoms in total. The zero-order valence-corrected chi connectivity index (χ0v) is 18.8. The van der Waals surface area contributed by atoms with E-state index in [-0.39, 0.29) is 11.7 Å². The lowest BCUT2D eigenvalue weighted by Crippen LogP contribution is -2.20. The summed E-state index contributed by atoms with van der Waals surface area (Å²) in [4.78, 5) is 18.3. The number of amides is 1. The number of anilines is 3. The molecule has 0 spiro atoms. The smallest absolute Gasteiger partial charge is 0.247 e. The molecular weight excluding hydrogens is 437 g/mol. The third-order valence-corrected chi connectivity index (χ3v) is 4.95. The Morgan fingerprint density at radius 3 is 2.85 bits per heavy atom. The Hall–Kier alpha value is -4.24. The van der Waals surface area contributed by atoms with Gasteiger partial charge in [0.15, 0.2) is 5.58 Å². The van der Waals surface area contributed by atoms with Crippen molar-refractivity contribution < 1.29 is 18.4 Å². The number of nitrogens with zero attached hydrogens (tertiary/aromatic N) is 3. The van der Waals surface area contributed by atoms with Crippen LogP contribution in [0.15, 0.2) is 71.9 Å². The number of halogens is 1. The average Bonchev–Trinajstić information content (AvgIpc) is 3.23. The molecule has 0 bridgehead atoms. The molecule has 4 aromatic rings. The summed E-state index contributed by atoms with van der Waals surface area (Å²) in [5, 5.41) is 10.7. The number of nitrogens with one attached hydrogen (secondary N) is 2. The molecule has 0 aliphatic carbocycles. The molecule has 9 heteroatoms. The van der Waals surface area contributed by atoms with Crippen LogP contribution in [0.4, 0.5) is 21.6 Å². The molecule has 2 heterocycles. The summed E-state index contributed by atoms with van der Waals surface area (Å²) in [5.41, 5.74) is 2.77. The summed E-state index contributed by atoms with van der Waals surface area (Å²) < 4.78 is 24.9. The van der Waals surface area contributed by atoms with Crippen molar-refractivity contribution in [2.45, 2.75) is 0 Å². The molecule has 0 radical (unpaired) electrons. The van der Waals surface area contributed by atoms with E-state index in [4.69, 9.17) is 9.26 Å². The lowest BCUT2D eigenvalue weighted by Gasteiger charge is -2.16. The first-order valence-electron chi connectivity index (χ1n) is 10.6. The van der Waals surface area contributed by atoms with Gasteiger partial charge in [0.1, 0.15) is 29.7 Å². The van der Waals surface area contributed by atoms with E-state index in [1.54, 1.807) is 36.5 Å². The normalized spacial score (nSPS) is 10.9.